The van der Waals surface area contributed by atoms with Crippen molar-refractivity contribution in [1.29, 1.82) is 0 Å². The van der Waals surface area contributed by atoms with Gasteiger partial charge in [0.05, 0.1) is 4.90 Å². The molecule has 1 fully saturated rings. The van der Waals surface area contributed by atoms with E-state index in [0.29, 0.717) is 32.4 Å². The molecule has 0 radical (unpaired) electrons. The monoisotopic (exact) mass is 471 g/mol. The first-order valence-corrected chi connectivity index (χ1v) is 13.0. The van der Waals surface area contributed by atoms with Crippen molar-refractivity contribution in [3.05, 3.63) is 66.2 Å². The smallest absolute Gasteiger partial charge is 0.243 e. The zero-order valence-electron chi connectivity index (χ0n) is 18.9. The standard InChI is InChI=1S/C25H33N3O4S/c29-24-16-20-28(33(31,32)23-13-5-2-6-14-23)19-8-12-22(15-18-26-24)25(30)27-17-7-11-21-9-3-1-4-10-21/h1-6,9-10,13-14,22H,7-8,11-12,15-20H2,(H,26,29)(H,27,30). The number of nitrogens with zero attached hydrogens (tertiary/aromatic N) is 1. The van der Waals surface area contributed by atoms with Gasteiger partial charge in [0.15, 0.2) is 0 Å². The maximum Gasteiger partial charge on any atom is 0.243 e. The number of rotatable bonds is 7. The first-order chi connectivity index (χ1) is 16.0. The minimum absolute atomic E-state index is 0.0333. The molecule has 2 aromatic carbocycles. The Labute approximate surface area is 196 Å². The zero-order chi connectivity index (χ0) is 23.5. The normalized spacial score (nSPS) is 18.7. The highest BCUT2D eigenvalue weighted by molar-refractivity contribution is 7.89. The van der Waals surface area contributed by atoms with Crippen molar-refractivity contribution < 1.29 is 18.0 Å². The molecule has 1 saturated heterocycles. The van der Waals surface area contributed by atoms with Crippen molar-refractivity contribution in [1.82, 2.24) is 14.9 Å². The molecule has 2 N–H and O–H groups in total. The lowest BCUT2D eigenvalue weighted by molar-refractivity contribution is -0.126. The predicted molar refractivity (Wildman–Crippen MR) is 128 cm³/mol. The number of amides is 2. The van der Waals surface area contributed by atoms with Crippen molar-refractivity contribution in [2.24, 2.45) is 5.92 Å². The Balaban J connectivity index is 1.57. The van der Waals surface area contributed by atoms with Gasteiger partial charge in [-0.15, -0.1) is 0 Å². The highest BCUT2D eigenvalue weighted by Gasteiger charge is 2.26. The number of hydrogen-bond donors (Lipinski definition) is 2. The molecule has 7 nitrogen and oxygen atoms in total. The zero-order valence-corrected chi connectivity index (χ0v) is 19.7. The Hall–Kier alpha value is -2.71. The Morgan fingerprint density at radius 1 is 1.00 bits per heavy atom. The van der Waals surface area contributed by atoms with E-state index in [1.54, 1.807) is 30.3 Å². The Morgan fingerprint density at radius 2 is 1.70 bits per heavy atom. The summed E-state index contributed by atoms with van der Waals surface area (Å²) in [6, 6.07) is 18.4. The molecule has 3 rings (SSSR count). The van der Waals surface area contributed by atoms with Gasteiger partial charge in [-0.1, -0.05) is 48.5 Å². The van der Waals surface area contributed by atoms with E-state index < -0.39 is 10.0 Å². The van der Waals surface area contributed by atoms with Crippen LogP contribution in [0.4, 0.5) is 0 Å². The van der Waals surface area contributed by atoms with Gasteiger partial charge in [-0.25, -0.2) is 8.42 Å². The summed E-state index contributed by atoms with van der Waals surface area (Å²) in [5.41, 5.74) is 1.24. The van der Waals surface area contributed by atoms with Crippen LogP contribution >= 0.6 is 0 Å². The minimum atomic E-state index is -3.69. The molecule has 0 bridgehead atoms. The van der Waals surface area contributed by atoms with E-state index in [-0.39, 0.29) is 42.1 Å². The molecular formula is C25H33N3O4S. The SMILES string of the molecule is O=C1CCN(S(=O)(=O)c2ccccc2)CCCC(C(=O)NCCCc2ccccc2)CCN1. The molecule has 1 aliphatic rings. The summed E-state index contributed by atoms with van der Waals surface area (Å²) >= 11 is 0. The lowest BCUT2D eigenvalue weighted by atomic mass is 9.98. The first kappa shape index (κ1) is 24.9. The number of carbonyl (C=O) groups excluding carboxylic acids is 2. The molecule has 1 unspecified atom stereocenters. The number of aryl methyl sites for hydroxylation is 1. The van der Waals surface area contributed by atoms with E-state index in [0.717, 1.165) is 12.8 Å². The second-order valence-electron chi connectivity index (χ2n) is 8.33. The number of hydrogen-bond acceptors (Lipinski definition) is 4. The summed E-state index contributed by atoms with van der Waals surface area (Å²) in [4.78, 5) is 25.2. The maximum atomic E-state index is 13.1. The van der Waals surface area contributed by atoms with Crippen LogP contribution < -0.4 is 10.6 Å². The van der Waals surface area contributed by atoms with Gasteiger partial charge in [-0.3, -0.25) is 9.59 Å². The third-order valence-electron chi connectivity index (χ3n) is 5.90. The molecule has 0 aromatic heterocycles. The molecule has 0 saturated carbocycles. The van der Waals surface area contributed by atoms with Crippen LogP contribution in [0.15, 0.2) is 65.6 Å². The summed E-state index contributed by atoms with van der Waals surface area (Å²) < 4.78 is 27.5. The fourth-order valence-corrected chi connectivity index (χ4v) is 5.51. The summed E-state index contributed by atoms with van der Waals surface area (Å²) in [6.45, 7) is 1.40. The van der Waals surface area contributed by atoms with E-state index in [1.165, 1.54) is 9.87 Å². The second kappa shape index (κ2) is 12.5. The fraction of sp³-hybridized carbons (Fsp3) is 0.440. The van der Waals surface area contributed by atoms with E-state index in [9.17, 15) is 18.0 Å². The average molecular weight is 472 g/mol. The minimum Gasteiger partial charge on any atom is -0.356 e. The van der Waals surface area contributed by atoms with Crippen LogP contribution in [0, 0.1) is 5.92 Å². The summed E-state index contributed by atoms with van der Waals surface area (Å²) in [7, 11) is -3.69. The van der Waals surface area contributed by atoms with Gasteiger partial charge >= 0.3 is 0 Å². The Morgan fingerprint density at radius 3 is 2.42 bits per heavy atom. The molecule has 1 heterocycles. The van der Waals surface area contributed by atoms with E-state index in [2.05, 4.69) is 22.8 Å². The van der Waals surface area contributed by atoms with Gasteiger partial charge in [-0.2, -0.15) is 4.31 Å². The van der Waals surface area contributed by atoms with Crippen LogP contribution in [0.5, 0.6) is 0 Å². The van der Waals surface area contributed by atoms with Crippen LogP contribution in [-0.2, 0) is 26.0 Å². The van der Waals surface area contributed by atoms with Crippen LogP contribution in [-0.4, -0.2) is 50.7 Å². The van der Waals surface area contributed by atoms with E-state index in [1.807, 2.05) is 18.2 Å². The molecule has 178 valence electrons. The Kier molecular flexibility index (Phi) is 9.45. The molecule has 0 aliphatic carbocycles. The van der Waals surface area contributed by atoms with Crippen molar-refractivity contribution in [3.63, 3.8) is 0 Å². The first-order valence-electron chi connectivity index (χ1n) is 11.6. The summed E-state index contributed by atoms with van der Waals surface area (Å²) in [6.07, 6.45) is 3.52. The van der Waals surface area contributed by atoms with E-state index in [4.69, 9.17) is 0 Å². The lowest BCUT2D eigenvalue weighted by Crippen LogP contribution is -2.35. The molecular weight excluding hydrogens is 438 g/mol. The molecule has 33 heavy (non-hydrogen) atoms. The van der Waals surface area contributed by atoms with Crippen LogP contribution in [0.3, 0.4) is 0 Å². The molecule has 8 heteroatoms. The fourth-order valence-electron chi connectivity index (χ4n) is 4.01. The number of sulfonamides is 1. The van der Waals surface area contributed by atoms with Crippen LogP contribution in [0.2, 0.25) is 0 Å². The third kappa shape index (κ3) is 7.68. The molecule has 1 atom stereocenters. The van der Waals surface area contributed by atoms with Gasteiger partial charge < -0.3 is 10.6 Å². The third-order valence-corrected chi connectivity index (χ3v) is 7.81. The summed E-state index contributed by atoms with van der Waals surface area (Å²) in [5, 5.41) is 5.84. The van der Waals surface area contributed by atoms with Crippen molar-refractivity contribution >= 4 is 21.8 Å². The second-order valence-corrected chi connectivity index (χ2v) is 10.3. The highest BCUT2D eigenvalue weighted by Crippen LogP contribution is 2.19. The van der Waals surface area contributed by atoms with Gasteiger partial charge in [0.1, 0.15) is 0 Å². The van der Waals surface area contributed by atoms with Crippen molar-refractivity contribution in [3.8, 4) is 0 Å². The quantitative estimate of drug-likeness (QED) is 0.607. The van der Waals surface area contributed by atoms with Gasteiger partial charge in [0, 0.05) is 38.5 Å². The summed E-state index contributed by atoms with van der Waals surface area (Å²) in [5.74, 6) is -0.498. The molecule has 1 aliphatic heterocycles. The highest BCUT2D eigenvalue weighted by atomic mass is 32.2. The Bertz CT molecular complexity index is 997. The van der Waals surface area contributed by atoms with Gasteiger partial charge in [0.2, 0.25) is 21.8 Å². The maximum absolute atomic E-state index is 13.1. The number of carbonyl (C=O) groups is 2. The van der Waals surface area contributed by atoms with E-state index >= 15 is 0 Å². The van der Waals surface area contributed by atoms with Crippen LogP contribution in [0.25, 0.3) is 0 Å². The number of benzene rings is 2. The molecule has 0 spiro atoms. The van der Waals surface area contributed by atoms with Gasteiger partial charge in [-0.05, 0) is 49.8 Å². The van der Waals surface area contributed by atoms with Crippen molar-refractivity contribution in [2.45, 2.75) is 43.4 Å². The van der Waals surface area contributed by atoms with Crippen molar-refractivity contribution in [2.75, 3.05) is 26.2 Å². The largest absolute Gasteiger partial charge is 0.356 e. The molecule has 2 amide bonds. The van der Waals surface area contributed by atoms with Gasteiger partial charge in [0.25, 0.3) is 0 Å². The molecule has 2 aromatic rings. The average Bonchev–Trinajstić information content (AvgIpc) is 2.87. The lowest BCUT2D eigenvalue weighted by Gasteiger charge is -2.22. The van der Waals surface area contributed by atoms with Crippen LogP contribution in [0.1, 0.15) is 37.7 Å². The topological polar surface area (TPSA) is 95.6 Å². The number of nitrogens with one attached hydrogen (secondary N) is 2. The predicted octanol–water partition coefficient (Wildman–Crippen LogP) is 2.73.